The molecule has 0 amide bonds. The summed E-state index contributed by atoms with van der Waals surface area (Å²) in [6.07, 6.45) is 0.873. The molecule has 0 atom stereocenters. The first-order chi connectivity index (χ1) is 7.60. The van der Waals surface area contributed by atoms with Crippen molar-refractivity contribution in [2.45, 2.75) is 24.5 Å². The van der Waals surface area contributed by atoms with Gasteiger partial charge >= 0.3 is 0 Å². The maximum atomic E-state index is 11.8. The van der Waals surface area contributed by atoms with Gasteiger partial charge in [0.2, 0.25) is 10.0 Å². The fraction of sp³-hybridized carbons (Fsp3) is 0.600. The van der Waals surface area contributed by atoms with Gasteiger partial charge in [-0.25, -0.2) is 13.1 Å². The van der Waals surface area contributed by atoms with Crippen LogP contribution in [0.5, 0.6) is 0 Å². The number of aryl methyl sites for hydroxylation is 1. The van der Waals surface area contributed by atoms with E-state index in [0.717, 1.165) is 17.8 Å². The molecule has 1 aromatic rings. The lowest BCUT2D eigenvalue weighted by Crippen LogP contribution is -2.31. The first-order valence-corrected chi connectivity index (χ1v) is 7.69. The molecule has 2 N–H and O–H groups in total. The van der Waals surface area contributed by atoms with Gasteiger partial charge in [-0.05, 0) is 25.1 Å². The molecule has 0 aliphatic rings. The number of likely N-dealkylation sites (N-methyl/N-ethyl adjacent to an activating group) is 1. The molecule has 0 saturated heterocycles. The highest BCUT2D eigenvalue weighted by Crippen LogP contribution is 2.21. The number of sulfonamides is 1. The van der Waals surface area contributed by atoms with E-state index in [1.807, 2.05) is 19.9 Å². The minimum absolute atomic E-state index is 0.404. The fourth-order valence-corrected chi connectivity index (χ4v) is 3.59. The van der Waals surface area contributed by atoms with E-state index < -0.39 is 10.0 Å². The lowest BCUT2D eigenvalue weighted by Gasteiger charge is -2.04. The quantitative estimate of drug-likeness (QED) is 0.726. The van der Waals surface area contributed by atoms with Crippen molar-refractivity contribution in [3.63, 3.8) is 0 Å². The van der Waals surface area contributed by atoms with E-state index in [1.165, 1.54) is 11.3 Å². The first kappa shape index (κ1) is 13.6. The second kappa shape index (κ2) is 6.34. The Kier molecular flexibility index (Phi) is 5.40. The molecule has 1 aromatic heterocycles. The summed E-state index contributed by atoms with van der Waals surface area (Å²) in [6, 6.07) is 3.53. The Hall–Kier alpha value is -0.430. The van der Waals surface area contributed by atoms with Crippen molar-refractivity contribution in [2.75, 3.05) is 19.6 Å². The van der Waals surface area contributed by atoms with Crippen molar-refractivity contribution < 1.29 is 8.42 Å². The normalized spacial score (nSPS) is 11.9. The number of hydrogen-bond donors (Lipinski definition) is 2. The number of hydrogen-bond acceptors (Lipinski definition) is 4. The maximum Gasteiger partial charge on any atom is 0.250 e. The molecule has 0 spiro atoms. The van der Waals surface area contributed by atoms with Crippen LogP contribution in [-0.4, -0.2) is 28.1 Å². The van der Waals surface area contributed by atoms with Gasteiger partial charge in [-0.2, -0.15) is 0 Å². The third kappa shape index (κ3) is 3.86. The zero-order valence-corrected chi connectivity index (χ0v) is 11.2. The first-order valence-electron chi connectivity index (χ1n) is 5.39. The SMILES string of the molecule is CCNCCNS(=O)(=O)c1ccc(CC)s1. The molecule has 92 valence electrons. The summed E-state index contributed by atoms with van der Waals surface area (Å²) in [5.41, 5.74) is 0. The van der Waals surface area contributed by atoms with Gasteiger partial charge in [0, 0.05) is 18.0 Å². The number of nitrogens with one attached hydrogen (secondary N) is 2. The van der Waals surface area contributed by atoms with Crippen LogP contribution in [0.25, 0.3) is 0 Å². The highest BCUT2D eigenvalue weighted by Gasteiger charge is 2.15. The summed E-state index contributed by atoms with van der Waals surface area (Å²) in [4.78, 5) is 1.09. The fourth-order valence-electron chi connectivity index (χ4n) is 1.21. The zero-order chi connectivity index (χ0) is 12.0. The topological polar surface area (TPSA) is 58.2 Å². The summed E-state index contributed by atoms with van der Waals surface area (Å²) >= 11 is 1.33. The van der Waals surface area contributed by atoms with E-state index in [9.17, 15) is 8.42 Å². The lowest BCUT2D eigenvalue weighted by molar-refractivity contribution is 0.579. The molecule has 4 nitrogen and oxygen atoms in total. The summed E-state index contributed by atoms with van der Waals surface area (Å²) in [5, 5.41) is 3.07. The third-order valence-corrected chi connectivity index (χ3v) is 5.28. The Labute approximate surface area is 101 Å². The predicted molar refractivity (Wildman–Crippen MR) is 67.4 cm³/mol. The third-order valence-electron chi connectivity index (χ3n) is 2.09. The number of thiophene rings is 1. The Morgan fingerprint density at radius 2 is 2.00 bits per heavy atom. The number of rotatable bonds is 7. The average molecular weight is 262 g/mol. The van der Waals surface area contributed by atoms with Crippen LogP contribution in [0, 0.1) is 0 Å². The van der Waals surface area contributed by atoms with Gasteiger partial charge in [0.1, 0.15) is 4.21 Å². The molecule has 0 radical (unpaired) electrons. The molecule has 0 aliphatic heterocycles. The van der Waals surface area contributed by atoms with E-state index in [-0.39, 0.29) is 0 Å². The highest BCUT2D eigenvalue weighted by atomic mass is 32.2. The molecule has 1 heterocycles. The van der Waals surface area contributed by atoms with Crippen LogP contribution < -0.4 is 10.0 Å². The van der Waals surface area contributed by atoms with E-state index >= 15 is 0 Å². The van der Waals surface area contributed by atoms with E-state index in [2.05, 4.69) is 10.0 Å². The van der Waals surface area contributed by atoms with Crippen LogP contribution in [0.4, 0.5) is 0 Å². The van der Waals surface area contributed by atoms with Gasteiger partial charge in [-0.15, -0.1) is 11.3 Å². The van der Waals surface area contributed by atoms with Gasteiger partial charge in [0.25, 0.3) is 0 Å². The van der Waals surface area contributed by atoms with E-state index in [4.69, 9.17) is 0 Å². The lowest BCUT2D eigenvalue weighted by atomic mass is 10.4. The van der Waals surface area contributed by atoms with Gasteiger partial charge in [-0.3, -0.25) is 0 Å². The van der Waals surface area contributed by atoms with Crippen molar-refractivity contribution in [1.29, 1.82) is 0 Å². The summed E-state index contributed by atoms with van der Waals surface area (Å²) in [6.45, 7) is 5.93. The van der Waals surface area contributed by atoms with Gasteiger partial charge in [0.05, 0.1) is 0 Å². The van der Waals surface area contributed by atoms with Crippen LogP contribution in [0.3, 0.4) is 0 Å². The van der Waals surface area contributed by atoms with Crippen LogP contribution in [0.15, 0.2) is 16.3 Å². The van der Waals surface area contributed by atoms with Crippen LogP contribution in [-0.2, 0) is 16.4 Å². The molecule has 0 saturated carbocycles. The molecule has 0 aromatic carbocycles. The summed E-state index contributed by atoms with van der Waals surface area (Å²) in [7, 11) is -3.30. The standard InChI is InChI=1S/C10H18N2O2S2/c1-3-9-5-6-10(15-9)16(13,14)12-8-7-11-4-2/h5-6,11-12H,3-4,7-8H2,1-2H3. The molecule has 16 heavy (non-hydrogen) atoms. The molecule has 6 heteroatoms. The molecule has 0 aliphatic carbocycles. The van der Waals surface area contributed by atoms with Gasteiger partial charge in [0.15, 0.2) is 0 Å². The smallest absolute Gasteiger partial charge is 0.250 e. The molecule has 1 rings (SSSR count). The molecule has 0 bridgehead atoms. The van der Waals surface area contributed by atoms with E-state index in [0.29, 0.717) is 17.3 Å². The maximum absolute atomic E-state index is 11.8. The Morgan fingerprint density at radius 1 is 1.25 bits per heavy atom. The van der Waals surface area contributed by atoms with Crippen molar-refractivity contribution in [3.05, 3.63) is 17.0 Å². The molecule has 0 unspecified atom stereocenters. The Bertz CT molecular complexity index is 412. The van der Waals surface area contributed by atoms with Gasteiger partial charge < -0.3 is 5.32 Å². The molecule has 0 fully saturated rings. The monoisotopic (exact) mass is 262 g/mol. The zero-order valence-electron chi connectivity index (χ0n) is 9.62. The summed E-state index contributed by atoms with van der Waals surface area (Å²) in [5.74, 6) is 0. The summed E-state index contributed by atoms with van der Waals surface area (Å²) < 4.78 is 26.6. The van der Waals surface area contributed by atoms with Crippen molar-refractivity contribution >= 4 is 21.4 Å². The van der Waals surface area contributed by atoms with Crippen LogP contribution in [0.1, 0.15) is 18.7 Å². The minimum Gasteiger partial charge on any atom is -0.316 e. The predicted octanol–water partition coefficient (Wildman–Crippen LogP) is 1.20. The molecular weight excluding hydrogens is 244 g/mol. The van der Waals surface area contributed by atoms with Crippen LogP contribution >= 0.6 is 11.3 Å². The molecular formula is C10H18N2O2S2. The van der Waals surface area contributed by atoms with Crippen LogP contribution in [0.2, 0.25) is 0 Å². The van der Waals surface area contributed by atoms with E-state index in [1.54, 1.807) is 6.07 Å². The average Bonchev–Trinajstić information content (AvgIpc) is 2.73. The second-order valence-corrected chi connectivity index (χ2v) is 6.49. The Morgan fingerprint density at radius 3 is 2.56 bits per heavy atom. The van der Waals surface area contributed by atoms with Crippen molar-refractivity contribution in [1.82, 2.24) is 10.0 Å². The van der Waals surface area contributed by atoms with Gasteiger partial charge in [-0.1, -0.05) is 13.8 Å². The highest BCUT2D eigenvalue weighted by molar-refractivity contribution is 7.91. The Balaban J connectivity index is 2.56. The minimum atomic E-state index is -3.30. The second-order valence-electron chi connectivity index (χ2n) is 3.33. The largest absolute Gasteiger partial charge is 0.316 e. The van der Waals surface area contributed by atoms with Crippen molar-refractivity contribution in [2.24, 2.45) is 0 Å². The van der Waals surface area contributed by atoms with Crippen molar-refractivity contribution in [3.8, 4) is 0 Å².